The van der Waals surface area contributed by atoms with E-state index in [0.717, 1.165) is 15.9 Å². The number of anilines is 1. The van der Waals surface area contributed by atoms with E-state index < -0.39 is 0 Å². The highest BCUT2D eigenvalue weighted by molar-refractivity contribution is 9.10. The predicted octanol–water partition coefficient (Wildman–Crippen LogP) is 2.77. The lowest BCUT2D eigenvalue weighted by atomic mass is 10.2. The van der Waals surface area contributed by atoms with Crippen LogP contribution in [0.5, 0.6) is 0 Å². The second-order valence-electron chi connectivity index (χ2n) is 4.41. The van der Waals surface area contributed by atoms with Gasteiger partial charge in [-0.2, -0.15) is 9.50 Å². The first kappa shape index (κ1) is 14.3. The molecule has 0 saturated heterocycles. The van der Waals surface area contributed by atoms with Crippen molar-refractivity contribution in [3.05, 3.63) is 46.1 Å². The van der Waals surface area contributed by atoms with Crippen LogP contribution in [0.4, 0.5) is 5.82 Å². The van der Waals surface area contributed by atoms with E-state index in [1.165, 1.54) is 5.56 Å². The van der Waals surface area contributed by atoms with E-state index in [1.807, 2.05) is 31.2 Å². The number of nitrogens with zero attached hydrogens (tertiary/aromatic N) is 4. The van der Waals surface area contributed by atoms with Gasteiger partial charge in [0.15, 0.2) is 0 Å². The van der Waals surface area contributed by atoms with Crippen LogP contribution in [-0.4, -0.2) is 19.6 Å². The fourth-order valence-electron chi connectivity index (χ4n) is 1.89. The third kappa shape index (κ3) is 3.02. The Bertz CT molecular complexity index is 787. The summed E-state index contributed by atoms with van der Waals surface area (Å²) in [5.74, 6) is 7.48. The normalized spacial score (nSPS) is 11.0. The summed E-state index contributed by atoms with van der Waals surface area (Å²) < 4.78 is 2.69. The molecule has 3 aromatic rings. The number of nitrogen functional groups attached to an aromatic ring is 1. The number of hydrazine groups is 1. The van der Waals surface area contributed by atoms with Gasteiger partial charge in [0.1, 0.15) is 5.82 Å². The Morgan fingerprint density at radius 1 is 1.33 bits per heavy atom. The number of aromatic nitrogens is 4. The molecule has 108 valence electrons. The maximum Gasteiger partial charge on any atom is 0.255 e. The van der Waals surface area contributed by atoms with Crippen molar-refractivity contribution in [2.75, 3.05) is 5.43 Å². The topological polar surface area (TPSA) is 81.1 Å². The maximum atomic E-state index is 5.50. The van der Waals surface area contributed by atoms with Crippen LogP contribution in [0.1, 0.15) is 11.3 Å². The van der Waals surface area contributed by atoms with Crippen molar-refractivity contribution in [1.82, 2.24) is 19.6 Å². The number of nitrogens with two attached hydrogens (primary N) is 1. The van der Waals surface area contributed by atoms with Gasteiger partial charge < -0.3 is 5.43 Å². The summed E-state index contributed by atoms with van der Waals surface area (Å²) in [7, 11) is 0. The molecule has 0 saturated carbocycles. The van der Waals surface area contributed by atoms with Gasteiger partial charge in [-0.05, 0) is 18.6 Å². The van der Waals surface area contributed by atoms with Crippen LogP contribution >= 0.6 is 27.7 Å². The Morgan fingerprint density at radius 3 is 2.90 bits per heavy atom. The molecular weight excluding hydrogens is 352 g/mol. The van der Waals surface area contributed by atoms with Gasteiger partial charge >= 0.3 is 0 Å². The fraction of sp³-hybridized carbons (Fsp3) is 0.154. The van der Waals surface area contributed by atoms with Gasteiger partial charge in [0.05, 0.1) is 0 Å². The number of hydrogen-bond donors (Lipinski definition) is 2. The Balaban J connectivity index is 1.87. The molecule has 0 spiro atoms. The number of halogens is 1. The highest BCUT2D eigenvalue weighted by Crippen LogP contribution is 2.25. The largest absolute Gasteiger partial charge is 0.308 e. The van der Waals surface area contributed by atoms with Crippen molar-refractivity contribution < 1.29 is 0 Å². The summed E-state index contributed by atoms with van der Waals surface area (Å²) in [4.78, 5) is 8.77. The van der Waals surface area contributed by atoms with Gasteiger partial charge in [0, 0.05) is 22.0 Å². The molecular formula is C13H13BrN6S. The van der Waals surface area contributed by atoms with Crippen LogP contribution in [0.25, 0.3) is 5.78 Å². The molecule has 0 fully saturated rings. The lowest BCUT2D eigenvalue weighted by molar-refractivity contribution is 0.875. The maximum absolute atomic E-state index is 5.50. The average molecular weight is 365 g/mol. The predicted molar refractivity (Wildman–Crippen MR) is 87.0 cm³/mol. The third-order valence-corrected chi connectivity index (χ3v) is 4.54. The van der Waals surface area contributed by atoms with Crippen molar-refractivity contribution in [3.8, 4) is 0 Å². The number of nitrogens with one attached hydrogen (secondary N) is 1. The lowest BCUT2D eigenvalue weighted by Gasteiger charge is -2.02. The van der Waals surface area contributed by atoms with Crippen molar-refractivity contribution in [1.29, 1.82) is 0 Å². The molecule has 2 heterocycles. The number of hydrogen-bond acceptors (Lipinski definition) is 6. The molecule has 2 aromatic heterocycles. The van der Waals surface area contributed by atoms with Crippen molar-refractivity contribution in [3.63, 3.8) is 0 Å². The molecule has 0 amide bonds. The standard InChI is InChI=1S/C13H13BrN6S/c1-8-6-11(18-15)20-12(16-8)17-13(19-20)21-7-9-4-2-3-5-10(9)14/h2-6,18H,7,15H2,1H3. The molecule has 0 aliphatic rings. The van der Waals surface area contributed by atoms with Gasteiger partial charge in [-0.25, -0.2) is 10.8 Å². The smallest absolute Gasteiger partial charge is 0.255 e. The van der Waals surface area contributed by atoms with E-state index in [-0.39, 0.29) is 0 Å². The zero-order valence-electron chi connectivity index (χ0n) is 11.2. The Kier molecular flexibility index (Phi) is 4.09. The van der Waals surface area contributed by atoms with Crippen LogP contribution in [0.3, 0.4) is 0 Å². The number of rotatable bonds is 4. The Hall–Kier alpha value is -1.64. The number of benzene rings is 1. The highest BCUT2D eigenvalue weighted by Gasteiger charge is 2.10. The molecule has 0 bridgehead atoms. The lowest BCUT2D eigenvalue weighted by Crippen LogP contribution is -2.12. The highest BCUT2D eigenvalue weighted by atomic mass is 79.9. The summed E-state index contributed by atoms with van der Waals surface area (Å²) in [5, 5.41) is 5.08. The van der Waals surface area contributed by atoms with Crippen molar-refractivity contribution >= 4 is 39.3 Å². The summed E-state index contributed by atoms with van der Waals surface area (Å²) in [6, 6.07) is 9.92. The van der Waals surface area contributed by atoms with Crippen LogP contribution < -0.4 is 11.3 Å². The second kappa shape index (κ2) is 6.00. The summed E-state index contributed by atoms with van der Waals surface area (Å²) >= 11 is 5.10. The first-order chi connectivity index (χ1) is 10.2. The first-order valence-corrected chi connectivity index (χ1v) is 8.02. The van der Waals surface area contributed by atoms with Gasteiger partial charge in [0.2, 0.25) is 5.16 Å². The van der Waals surface area contributed by atoms with E-state index >= 15 is 0 Å². The molecule has 21 heavy (non-hydrogen) atoms. The minimum atomic E-state index is 0.539. The van der Waals surface area contributed by atoms with E-state index in [0.29, 0.717) is 16.8 Å². The molecule has 0 aliphatic heterocycles. The van der Waals surface area contributed by atoms with E-state index in [1.54, 1.807) is 16.3 Å². The average Bonchev–Trinajstić information content (AvgIpc) is 2.88. The van der Waals surface area contributed by atoms with Crippen LogP contribution in [-0.2, 0) is 5.75 Å². The first-order valence-electron chi connectivity index (χ1n) is 6.24. The van der Waals surface area contributed by atoms with E-state index in [2.05, 4.69) is 42.5 Å². The van der Waals surface area contributed by atoms with Gasteiger partial charge in [0.25, 0.3) is 5.78 Å². The summed E-state index contributed by atoms with van der Waals surface area (Å²) in [6.45, 7) is 1.89. The van der Waals surface area contributed by atoms with E-state index in [9.17, 15) is 0 Å². The second-order valence-corrected chi connectivity index (χ2v) is 6.21. The molecule has 3 N–H and O–H groups in total. The molecule has 8 heteroatoms. The molecule has 0 atom stereocenters. The molecule has 1 aromatic carbocycles. The minimum Gasteiger partial charge on any atom is -0.308 e. The fourth-order valence-corrected chi connectivity index (χ4v) is 3.32. The third-order valence-electron chi connectivity index (χ3n) is 2.88. The SMILES string of the molecule is Cc1cc(NN)n2nc(SCc3ccccc3Br)nc2n1. The number of thioether (sulfide) groups is 1. The minimum absolute atomic E-state index is 0.539. The molecule has 6 nitrogen and oxygen atoms in total. The Morgan fingerprint density at radius 2 is 2.14 bits per heavy atom. The van der Waals surface area contributed by atoms with Crippen LogP contribution in [0, 0.1) is 6.92 Å². The van der Waals surface area contributed by atoms with Crippen LogP contribution in [0.15, 0.2) is 40.0 Å². The van der Waals surface area contributed by atoms with Crippen LogP contribution in [0.2, 0.25) is 0 Å². The van der Waals surface area contributed by atoms with Gasteiger partial charge in [-0.3, -0.25) is 0 Å². The summed E-state index contributed by atoms with van der Waals surface area (Å²) in [5.41, 5.74) is 4.65. The molecule has 3 rings (SSSR count). The number of fused-ring (bicyclic) bond motifs is 1. The zero-order chi connectivity index (χ0) is 14.8. The quantitative estimate of drug-likeness (QED) is 0.420. The van der Waals surface area contributed by atoms with Gasteiger partial charge in [-0.1, -0.05) is 45.9 Å². The molecule has 0 unspecified atom stereocenters. The molecule has 0 aliphatic carbocycles. The zero-order valence-corrected chi connectivity index (χ0v) is 13.6. The van der Waals surface area contributed by atoms with Crippen molar-refractivity contribution in [2.45, 2.75) is 17.8 Å². The van der Waals surface area contributed by atoms with E-state index in [4.69, 9.17) is 5.84 Å². The summed E-state index contributed by atoms with van der Waals surface area (Å²) in [6.07, 6.45) is 0. The van der Waals surface area contributed by atoms with Gasteiger partial charge in [-0.15, -0.1) is 5.10 Å². The monoisotopic (exact) mass is 364 g/mol. The van der Waals surface area contributed by atoms with Crippen molar-refractivity contribution in [2.24, 2.45) is 5.84 Å². The number of aryl methyl sites for hydroxylation is 1. The molecule has 0 radical (unpaired) electrons. The Labute approximate surface area is 134 Å².